The molecule has 0 aliphatic carbocycles. The second-order valence-corrected chi connectivity index (χ2v) is 6.18. The third-order valence-corrected chi connectivity index (χ3v) is 4.26. The normalized spacial score (nSPS) is 12.1. The molecule has 0 bridgehead atoms. The average Bonchev–Trinajstić information content (AvgIpc) is 3.08. The van der Waals surface area contributed by atoms with E-state index in [0.717, 1.165) is 28.9 Å². The van der Waals surface area contributed by atoms with E-state index >= 15 is 0 Å². The first-order chi connectivity index (χ1) is 11.9. The average molecular weight is 371 g/mol. The minimum atomic E-state index is -4.41. The number of rotatable bonds is 6. The van der Waals surface area contributed by atoms with Crippen molar-refractivity contribution in [2.24, 2.45) is 4.99 Å². The van der Waals surface area contributed by atoms with Gasteiger partial charge in [0, 0.05) is 38.3 Å². The molecule has 0 unspecified atom stereocenters. The molecule has 0 amide bonds. The molecule has 0 saturated carbocycles. The van der Waals surface area contributed by atoms with Crippen molar-refractivity contribution in [1.82, 2.24) is 15.6 Å². The summed E-state index contributed by atoms with van der Waals surface area (Å²) in [5, 5.41) is 7.47. The van der Waals surface area contributed by atoms with E-state index in [2.05, 4.69) is 25.5 Å². The number of halogens is 3. The Morgan fingerprint density at radius 2 is 1.96 bits per heavy atom. The number of aromatic nitrogens is 1. The summed E-state index contributed by atoms with van der Waals surface area (Å²) in [7, 11) is 3.60. The molecular formula is C16H20F3N5S. The van der Waals surface area contributed by atoms with E-state index in [0.29, 0.717) is 17.5 Å². The van der Waals surface area contributed by atoms with Crippen LogP contribution in [0.1, 0.15) is 10.7 Å². The zero-order valence-electron chi connectivity index (χ0n) is 14.0. The number of likely N-dealkylation sites (N-methyl/N-ethyl adjacent to an activating group) is 1. The van der Waals surface area contributed by atoms with Crippen LogP contribution >= 0.6 is 11.3 Å². The third kappa shape index (κ3) is 5.93. The van der Waals surface area contributed by atoms with E-state index in [1.807, 2.05) is 37.4 Å². The quantitative estimate of drug-likeness (QED) is 0.606. The SMILES string of the molecule is CN=C(NCCN(C)c1ccccc1)NCc1nc(C(F)(F)F)cs1. The van der Waals surface area contributed by atoms with Gasteiger partial charge in [0.1, 0.15) is 5.01 Å². The highest BCUT2D eigenvalue weighted by Gasteiger charge is 2.33. The van der Waals surface area contributed by atoms with Gasteiger partial charge in [-0.2, -0.15) is 13.2 Å². The highest BCUT2D eigenvalue weighted by molar-refractivity contribution is 7.09. The molecule has 1 aromatic heterocycles. The molecule has 1 heterocycles. The monoisotopic (exact) mass is 371 g/mol. The van der Waals surface area contributed by atoms with Gasteiger partial charge in [-0.3, -0.25) is 4.99 Å². The number of para-hydroxylation sites is 1. The van der Waals surface area contributed by atoms with Crippen molar-refractivity contribution in [3.63, 3.8) is 0 Å². The Hall–Kier alpha value is -2.29. The molecule has 0 atom stereocenters. The predicted octanol–water partition coefficient (Wildman–Crippen LogP) is 2.96. The Morgan fingerprint density at radius 1 is 1.24 bits per heavy atom. The molecule has 0 saturated heterocycles. The lowest BCUT2D eigenvalue weighted by Crippen LogP contribution is -2.40. The van der Waals surface area contributed by atoms with Crippen molar-refractivity contribution in [2.45, 2.75) is 12.7 Å². The topological polar surface area (TPSA) is 52.6 Å². The molecule has 25 heavy (non-hydrogen) atoms. The maximum Gasteiger partial charge on any atom is 0.434 e. The lowest BCUT2D eigenvalue weighted by Gasteiger charge is -2.20. The number of alkyl halides is 3. The Bertz CT molecular complexity index is 685. The van der Waals surface area contributed by atoms with Crippen molar-refractivity contribution in [3.8, 4) is 0 Å². The maximum atomic E-state index is 12.5. The zero-order chi connectivity index (χ0) is 18.3. The van der Waals surface area contributed by atoms with Gasteiger partial charge in [0.2, 0.25) is 0 Å². The van der Waals surface area contributed by atoms with Crippen LogP contribution in [0.2, 0.25) is 0 Å². The van der Waals surface area contributed by atoms with Crippen molar-refractivity contribution >= 4 is 23.0 Å². The van der Waals surface area contributed by atoms with Gasteiger partial charge in [0.15, 0.2) is 11.7 Å². The summed E-state index contributed by atoms with van der Waals surface area (Å²) >= 11 is 0.970. The number of hydrogen-bond acceptors (Lipinski definition) is 4. The summed E-state index contributed by atoms with van der Waals surface area (Å²) in [6, 6.07) is 9.96. The van der Waals surface area contributed by atoms with Crippen LogP contribution in [0.5, 0.6) is 0 Å². The van der Waals surface area contributed by atoms with E-state index in [1.165, 1.54) is 0 Å². The highest BCUT2D eigenvalue weighted by Crippen LogP contribution is 2.29. The molecule has 2 aromatic rings. The molecule has 5 nitrogen and oxygen atoms in total. The third-order valence-electron chi connectivity index (χ3n) is 3.41. The second-order valence-electron chi connectivity index (χ2n) is 5.23. The Balaban J connectivity index is 1.76. The summed E-state index contributed by atoms with van der Waals surface area (Å²) < 4.78 is 37.6. The zero-order valence-corrected chi connectivity index (χ0v) is 14.8. The molecule has 2 rings (SSSR count). The second kappa shape index (κ2) is 8.70. The van der Waals surface area contributed by atoms with Crippen LogP contribution in [0.15, 0.2) is 40.7 Å². The van der Waals surface area contributed by atoms with Crippen molar-refractivity contribution < 1.29 is 13.2 Å². The highest BCUT2D eigenvalue weighted by atomic mass is 32.1. The molecule has 9 heteroatoms. The van der Waals surface area contributed by atoms with Gasteiger partial charge < -0.3 is 15.5 Å². The van der Waals surface area contributed by atoms with E-state index in [4.69, 9.17) is 0 Å². The predicted molar refractivity (Wildman–Crippen MR) is 95.0 cm³/mol. The number of guanidine groups is 1. The number of anilines is 1. The van der Waals surface area contributed by atoms with Gasteiger partial charge in [0.05, 0.1) is 6.54 Å². The van der Waals surface area contributed by atoms with E-state index < -0.39 is 11.9 Å². The van der Waals surface area contributed by atoms with Crippen LogP contribution < -0.4 is 15.5 Å². The largest absolute Gasteiger partial charge is 0.434 e. The fourth-order valence-electron chi connectivity index (χ4n) is 2.06. The van der Waals surface area contributed by atoms with Gasteiger partial charge in [-0.05, 0) is 12.1 Å². The minimum absolute atomic E-state index is 0.189. The van der Waals surface area contributed by atoms with Gasteiger partial charge in [-0.25, -0.2) is 4.98 Å². The van der Waals surface area contributed by atoms with Crippen molar-refractivity contribution in [3.05, 3.63) is 46.4 Å². The first-order valence-corrected chi connectivity index (χ1v) is 8.50. The van der Waals surface area contributed by atoms with Crippen molar-refractivity contribution in [2.75, 3.05) is 32.1 Å². The number of nitrogens with one attached hydrogen (secondary N) is 2. The Morgan fingerprint density at radius 3 is 2.56 bits per heavy atom. The molecule has 1 aromatic carbocycles. The molecule has 136 valence electrons. The van der Waals surface area contributed by atoms with Crippen LogP contribution in [0.25, 0.3) is 0 Å². The number of hydrogen-bond donors (Lipinski definition) is 2. The Kier molecular flexibility index (Phi) is 6.63. The van der Waals surface area contributed by atoms with E-state index in [-0.39, 0.29) is 6.54 Å². The lowest BCUT2D eigenvalue weighted by molar-refractivity contribution is -0.140. The maximum absolute atomic E-state index is 12.5. The molecule has 0 radical (unpaired) electrons. The van der Waals surface area contributed by atoms with E-state index in [9.17, 15) is 13.2 Å². The molecule has 2 N–H and O–H groups in total. The summed E-state index contributed by atoms with van der Waals surface area (Å²) in [6.45, 7) is 1.58. The van der Waals surface area contributed by atoms with Crippen LogP contribution in [-0.4, -0.2) is 38.1 Å². The number of nitrogens with zero attached hydrogens (tertiary/aromatic N) is 3. The fraction of sp³-hybridized carbons (Fsp3) is 0.375. The molecular weight excluding hydrogens is 351 g/mol. The van der Waals surface area contributed by atoms with Crippen LogP contribution in [0, 0.1) is 0 Å². The smallest absolute Gasteiger partial charge is 0.373 e. The minimum Gasteiger partial charge on any atom is -0.373 e. The van der Waals surface area contributed by atoms with Gasteiger partial charge in [0.25, 0.3) is 0 Å². The van der Waals surface area contributed by atoms with Gasteiger partial charge in [-0.1, -0.05) is 18.2 Å². The van der Waals surface area contributed by atoms with Crippen LogP contribution in [-0.2, 0) is 12.7 Å². The van der Waals surface area contributed by atoms with E-state index in [1.54, 1.807) is 7.05 Å². The summed E-state index contributed by atoms with van der Waals surface area (Å²) in [5.74, 6) is 0.519. The molecule has 0 aliphatic rings. The number of thiazole rings is 1. The van der Waals surface area contributed by atoms with Crippen molar-refractivity contribution in [1.29, 1.82) is 0 Å². The number of benzene rings is 1. The summed E-state index contributed by atoms with van der Waals surface area (Å²) in [5.41, 5.74) is 0.247. The standard InChI is InChI=1S/C16H20F3N5S/c1-20-15(21-8-9-24(2)12-6-4-3-5-7-12)22-10-14-23-13(11-25-14)16(17,18)19/h3-7,11H,8-10H2,1-2H3,(H2,20,21,22). The fourth-order valence-corrected chi connectivity index (χ4v) is 2.80. The summed E-state index contributed by atoms with van der Waals surface area (Å²) in [4.78, 5) is 9.73. The molecule has 0 aliphatic heterocycles. The number of aliphatic imine (C=N–C) groups is 1. The lowest BCUT2D eigenvalue weighted by atomic mass is 10.3. The first kappa shape index (κ1) is 19.0. The van der Waals surface area contributed by atoms with Crippen LogP contribution in [0.4, 0.5) is 18.9 Å². The summed E-state index contributed by atoms with van der Waals surface area (Å²) in [6.07, 6.45) is -4.41. The van der Waals surface area contributed by atoms with Gasteiger partial charge in [-0.15, -0.1) is 11.3 Å². The first-order valence-electron chi connectivity index (χ1n) is 7.62. The van der Waals surface area contributed by atoms with Gasteiger partial charge >= 0.3 is 6.18 Å². The molecule has 0 spiro atoms. The Labute approximate surface area is 148 Å². The molecule has 0 fully saturated rings. The van der Waals surface area contributed by atoms with Crippen LogP contribution in [0.3, 0.4) is 0 Å².